The normalized spacial score (nSPS) is 18.5. The van der Waals surface area contributed by atoms with E-state index in [2.05, 4.69) is 12.2 Å². The highest BCUT2D eigenvalue weighted by Crippen LogP contribution is 2.26. The van der Waals surface area contributed by atoms with Crippen LogP contribution >= 0.6 is 0 Å². The Morgan fingerprint density at radius 1 is 1.00 bits per heavy atom. The zero-order valence-electron chi connectivity index (χ0n) is 13.0. The molecular weight excluding hydrogens is 246 g/mol. The maximum Gasteiger partial charge on any atom is 0.182 e. The lowest BCUT2D eigenvalue weighted by Gasteiger charge is -2.45. The van der Waals surface area contributed by atoms with Gasteiger partial charge in [-0.2, -0.15) is 0 Å². The average molecular weight is 277 g/mol. The van der Waals surface area contributed by atoms with E-state index in [1.54, 1.807) is 0 Å². The molecule has 0 saturated carbocycles. The van der Waals surface area contributed by atoms with Crippen molar-refractivity contribution in [3.05, 3.63) is 0 Å². The standard InChI is InChI=1S/C13H31NO3Si/c1-6-9-10-11-17-13(18,16-8-3)12(4,14-5)15-7-2/h14H,6-11H2,1-5,18H3. The summed E-state index contributed by atoms with van der Waals surface area (Å²) in [6.45, 7) is 10.1. The highest BCUT2D eigenvalue weighted by Gasteiger charge is 2.46. The van der Waals surface area contributed by atoms with Gasteiger partial charge in [0.2, 0.25) is 0 Å². The van der Waals surface area contributed by atoms with Crippen molar-refractivity contribution in [3.63, 3.8) is 0 Å². The van der Waals surface area contributed by atoms with Crippen LogP contribution in [0.15, 0.2) is 0 Å². The Balaban J connectivity index is 4.64. The number of hydrogen-bond acceptors (Lipinski definition) is 4. The number of likely N-dealkylation sites (N-methyl/N-ethyl adjacent to an activating group) is 1. The first-order valence-electron chi connectivity index (χ1n) is 7.10. The zero-order valence-corrected chi connectivity index (χ0v) is 15.0. The van der Waals surface area contributed by atoms with Crippen LogP contribution < -0.4 is 5.32 Å². The number of nitrogens with one attached hydrogen (secondary N) is 1. The van der Waals surface area contributed by atoms with Crippen LogP contribution in [0.2, 0.25) is 0 Å². The fourth-order valence-electron chi connectivity index (χ4n) is 1.93. The fourth-order valence-corrected chi connectivity index (χ4v) is 2.82. The van der Waals surface area contributed by atoms with Crippen LogP contribution in [-0.4, -0.2) is 48.2 Å². The Bertz CT molecular complexity index is 218. The molecule has 5 heteroatoms. The van der Waals surface area contributed by atoms with Gasteiger partial charge in [0, 0.05) is 19.8 Å². The molecule has 0 amide bonds. The van der Waals surface area contributed by atoms with Crippen molar-refractivity contribution in [2.24, 2.45) is 0 Å². The van der Waals surface area contributed by atoms with E-state index in [0.717, 1.165) is 23.3 Å². The van der Waals surface area contributed by atoms with Crippen LogP contribution in [0.5, 0.6) is 0 Å². The molecule has 0 spiro atoms. The Hall–Kier alpha value is 0.0569. The molecule has 0 aliphatic rings. The summed E-state index contributed by atoms with van der Waals surface area (Å²) < 4.78 is 17.7. The molecule has 0 heterocycles. The van der Waals surface area contributed by atoms with Crippen molar-refractivity contribution in [3.8, 4) is 0 Å². The summed E-state index contributed by atoms with van der Waals surface area (Å²) >= 11 is 0. The van der Waals surface area contributed by atoms with E-state index >= 15 is 0 Å². The van der Waals surface area contributed by atoms with Gasteiger partial charge in [-0.05, 0) is 34.2 Å². The summed E-state index contributed by atoms with van der Waals surface area (Å²) in [5.74, 6) is 0. The molecule has 0 bridgehead atoms. The van der Waals surface area contributed by atoms with Crippen LogP contribution in [0, 0.1) is 0 Å². The molecule has 0 aromatic rings. The van der Waals surface area contributed by atoms with Crippen LogP contribution in [0.1, 0.15) is 47.0 Å². The van der Waals surface area contributed by atoms with Gasteiger partial charge in [-0.25, -0.2) is 0 Å². The maximum absolute atomic E-state index is 6.03. The number of unbranched alkanes of at least 4 members (excludes halogenated alkanes) is 2. The number of ether oxygens (including phenoxy) is 3. The lowest BCUT2D eigenvalue weighted by molar-refractivity contribution is -0.286. The second kappa shape index (κ2) is 9.04. The van der Waals surface area contributed by atoms with Gasteiger partial charge in [-0.1, -0.05) is 19.8 Å². The van der Waals surface area contributed by atoms with Crippen molar-refractivity contribution in [1.82, 2.24) is 5.32 Å². The average Bonchev–Trinajstić information content (AvgIpc) is 2.35. The van der Waals surface area contributed by atoms with Crippen molar-refractivity contribution >= 4 is 10.2 Å². The number of rotatable bonds is 11. The summed E-state index contributed by atoms with van der Waals surface area (Å²) in [4.78, 5) is 0. The molecule has 2 atom stereocenters. The summed E-state index contributed by atoms with van der Waals surface area (Å²) in [5.41, 5.74) is -1.23. The van der Waals surface area contributed by atoms with E-state index in [9.17, 15) is 0 Å². The predicted octanol–water partition coefficient (Wildman–Crippen LogP) is 1.22. The van der Waals surface area contributed by atoms with Gasteiger partial charge in [0.25, 0.3) is 0 Å². The Morgan fingerprint density at radius 2 is 1.61 bits per heavy atom. The second-order valence-electron chi connectivity index (χ2n) is 4.65. The van der Waals surface area contributed by atoms with E-state index in [4.69, 9.17) is 14.2 Å². The largest absolute Gasteiger partial charge is 0.356 e. The molecule has 0 aliphatic heterocycles. The van der Waals surface area contributed by atoms with Crippen molar-refractivity contribution < 1.29 is 14.2 Å². The lowest BCUT2D eigenvalue weighted by atomic mass is 10.2. The summed E-state index contributed by atoms with van der Waals surface area (Å²) in [7, 11) is 2.63. The molecule has 0 rings (SSSR count). The van der Waals surface area contributed by atoms with Gasteiger partial charge in [0.15, 0.2) is 11.1 Å². The molecule has 1 N–H and O–H groups in total. The minimum absolute atomic E-state index is 0.587. The first kappa shape index (κ1) is 18.1. The molecule has 2 unspecified atom stereocenters. The van der Waals surface area contributed by atoms with Crippen molar-refractivity contribution in [1.29, 1.82) is 0 Å². The van der Waals surface area contributed by atoms with Crippen molar-refractivity contribution in [2.75, 3.05) is 26.9 Å². The Morgan fingerprint density at radius 3 is 2.06 bits per heavy atom. The maximum atomic E-state index is 6.03. The molecular formula is C13H31NO3Si. The fraction of sp³-hybridized carbons (Fsp3) is 1.00. The van der Waals surface area contributed by atoms with Crippen LogP contribution in [0.25, 0.3) is 0 Å². The quantitative estimate of drug-likeness (QED) is 0.350. The predicted molar refractivity (Wildman–Crippen MR) is 78.9 cm³/mol. The van der Waals surface area contributed by atoms with Crippen LogP contribution in [-0.2, 0) is 14.2 Å². The molecule has 110 valence electrons. The van der Waals surface area contributed by atoms with Gasteiger partial charge in [0.05, 0.1) is 10.2 Å². The topological polar surface area (TPSA) is 39.7 Å². The third-order valence-electron chi connectivity index (χ3n) is 3.32. The van der Waals surface area contributed by atoms with E-state index < -0.39 is 11.1 Å². The smallest absolute Gasteiger partial charge is 0.182 e. The Labute approximate surface area is 115 Å². The van der Waals surface area contributed by atoms with Crippen LogP contribution in [0.4, 0.5) is 0 Å². The highest BCUT2D eigenvalue weighted by molar-refractivity contribution is 6.14. The van der Waals surface area contributed by atoms with Crippen molar-refractivity contribution in [2.45, 2.75) is 58.1 Å². The molecule has 0 radical (unpaired) electrons. The van der Waals surface area contributed by atoms with Gasteiger partial charge in [-0.15, -0.1) is 0 Å². The monoisotopic (exact) mass is 277 g/mol. The zero-order chi connectivity index (χ0) is 14.1. The molecule has 0 aromatic carbocycles. The first-order valence-corrected chi connectivity index (χ1v) is 8.10. The minimum atomic E-state index is -0.639. The molecule has 0 saturated heterocycles. The molecule has 4 nitrogen and oxygen atoms in total. The molecule has 0 fully saturated rings. The minimum Gasteiger partial charge on any atom is -0.356 e. The third kappa shape index (κ3) is 4.97. The van der Waals surface area contributed by atoms with Gasteiger partial charge in [0.1, 0.15) is 0 Å². The SMILES string of the molecule is CCCCCOC([SiH3])(OCC)C(C)(NC)OCC. The molecule has 18 heavy (non-hydrogen) atoms. The van der Waals surface area contributed by atoms with Gasteiger partial charge < -0.3 is 14.2 Å². The van der Waals surface area contributed by atoms with Crippen LogP contribution in [0.3, 0.4) is 0 Å². The summed E-state index contributed by atoms with van der Waals surface area (Å²) in [6, 6.07) is 0. The molecule has 0 aliphatic carbocycles. The summed E-state index contributed by atoms with van der Waals surface area (Å²) in [5, 5.41) is 3.21. The van der Waals surface area contributed by atoms with E-state index in [-0.39, 0.29) is 0 Å². The Kier molecular flexibility index (Phi) is 9.07. The van der Waals surface area contributed by atoms with Gasteiger partial charge >= 0.3 is 0 Å². The first-order chi connectivity index (χ1) is 8.49. The summed E-state index contributed by atoms with van der Waals surface area (Å²) in [6.07, 6.45) is 3.45. The second-order valence-corrected chi connectivity index (χ2v) is 5.97. The van der Waals surface area contributed by atoms with E-state index in [1.165, 1.54) is 12.8 Å². The van der Waals surface area contributed by atoms with E-state index in [0.29, 0.717) is 13.2 Å². The lowest BCUT2D eigenvalue weighted by Crippen LogP contribution is -2.65. The number of hydrogen-bond donors (Lipinski definition) is 1. The van der Waals surface area contributed by atoms with Gasteiger partial charge in [-0.3, -0.25) is 5.32 Å². The third-order valence-corrected chi connectivity index (χ3v) is 4.85. The molecule has 0 aromatic heterocycles. The van der Waals surface area contributed by atoms with E-state index in [1.807, 2.05) is 27.8 Å². The highest BCUT2D eigenvalue weighted by atomic mass is 28.1.